The topological polar surface area (TPSA) is 69.6 Å². The Bertz CT molecular complexity index is 767. The second-order valence-corrected chi connectivity index (χ2v) is 6.43. The molecule has 1 aliphatic rings. The maximum Gasteiger partial charge on any atom is 0.335 e. The van der Waals surface area contributed by atoms with E-state index in [1.54, 1.807) is 25.1 Å². The monoisotopic (exact) mass is 338 g/mol. The number of hydrogen-bond acceptors (Lipinski definition) is 3. The van der Waals surface area contributed by atoms with Crippen LogP contribution in [0.2, 0.25) is 0 Å². The van der Waals surface area contributed by atoms with Crippen LogP contribution in [0, 0.1) is 0 Å². The van der Waals surface area contributed by atoms with Crippen LogP contribution in [0.1, 0.15) is 41.3 Å². The van der Waals surface area contributed by atoms with Crippen molar-refractivity contribution in [2.24, 2.45) is 0 Å². The average Bonchev–Trinajstić information content (AvgIpc) is 3.43. The fraction of sp³-hybridized carbons (Fsp3) is 0.300. The summed E-state index contributed by atoms with van der Waals surface area (Å²) in [5.74, 6) is -0.792. The molecule has 2 aromatic carbocycles. The highest BCUT2D eigenvalue weighted by atomic mass is 16.4. The molecule has 0 bridgehead atoms. The smallest absolute Gasteiger partial charge is 0.335 e. The Morgan fingerprint density at radius 1 is 1.12 bits per heavy atom. The molecule has 0 unspecified atom stereocenters. The van der Waals surface area contributed by atoms with Gasteiger partial charge in [0.2, 0.25) is 5.91 Å². The molecule has 0 radical (unpaired) electrons. The van der Waals surface area contributed by atoms with Crippen molar-refractivity contribution in [3.05, 3.63) is 65.2 Å². The first kappa shape index (κ1) is 17.0. The van der Waals surface area contributed by atoms with Crippen LogP contribution < -0.4 is 5.32 Å². The molecule has 1 amide bonds. The van der Waals surface area contributed by atoms with Crippen molar-refractivity contribution in [3.63, 3.8) is 0 Å². The molecule has 5 heteroatoms. The molecule has 0 aliphatic heterocycles. The van der Waals surface area contributed by atoms with Crippen LogP contribution in [0.5, 0.6) is 0 Å². The number of carbonyl (C=O) groups is 2. The third-order valence-electron chi connectivity index (χ3n) is 4.37. The van der Waals surface area contributed by atoms with Gasteiger partial charge in [0.1, 0.15) is 0 Å². The number of rotatable bonds is 7. The maximum absolute atomic E-state index is 11.7. The number of hydrogen-bond donors (Lipinski definition) is 2. The lowest BCUT2D eigenvalue weighted by Crippen LogP contribution is -2.30. The predicted molar refractivity (Wildman–Crippen MR) is 96.4 cm³/mol. The van der Waals surface area contributed by atoms with Crippen molar-refractivity contribution in [1.82, 2.24) is 4.90 Å². The van der Waals surface area contributed by atoms with Gasteiger partial charge in [-0.1, -0.05) is 24.3 Å². The normalized spacial score (nSPS) is 13.3. The van der Waals surface area contributed by atoms with Gasteiger partial charge >= 0.3 is 5.97 Å². The van der Waals surface area contributed by atoms with Gasteiger partial charge in [-0.2, -0.15) is 0 Å². The number of carboxylic acid groups (broad SMARTS) is 1. The summed E-state index contributed by atoms with van der Waals surface area (Å²) in [4.78, 5) is 24.6. The molecule has 25 heavy (non-hydrogen) atoms. The number of amides is 1. The largest absolute Gasteiger partial charge is 0.478 e. The molecule has 5 nitrogen and oxygen atoms in total. The summed E-state index contributed by atoms with van der Waals surface area (Å²) < 4.78 is 0. The van der Waals surface area contributed by atoms with Crippen LogP contribution in [0.15, 0.2) is 48.5 Å². The summed E-state index contributed by atoms with van der Waals surface area (Å²) in [6.45, 7) is 2.84. The van der Waals surface area contributed by atoms with E-state index in [1.807, 2.05) is 35.2 Å². The lowest BCUT2D eigenvalue weighted by atomic mass is 10.1. The van der Waals surface area contributed by atoms with Crippen molar-refractivity contribution in [3.8, 4) is 0 Å². The van der Waals surface area contributed by atoms with Gasteiger partial charge in [0.25, 0.3) is 0 Å². The molecule has 0 saturated heterocycles. The molecule has 0 atom stereocenters. The molecule has 1 fully saturated rings. The van der Waals surface area contributed by atoms with Crippen LogP contribution in [-0.2, 0) is 17.9 Å². The first-order valence-electron chi connectivity index (χ1n) is 8.45. The van der Waals surface area contributed by atoms with Crippen molar-refractivity contribution in [2.45, 2.75) is 38.9 Å². The highest BCUT2D eigenvalue weighted by Crippen LogP contribution is 2.28. The van der Waals surface area contributed by atoms with E-state index in [0.717, 1.165) is 29.7 Å². The Morgan fingerprint density at radius 3 is 2.44 bits per heavy atom. The number of aromatic carboxylic acids is 1. The van der Waals surface area contributed by atoms with Crippen LogP contribution in [-0.4, -0.2) is 27.9 Å². The zero-order chi connectivity index (χ0) is 17.8. The van der Waals surface area contributed by atoms with Gasteiger partial charge in [-0.3, -0.25) is 4.79 Å². The van der Waals surface area contributed by atoms with E-state index in [9.17, 15) is 9.59 Å². The molecule has 1 aliphatic carbocycles. The Labute approximate surface area is 147 Å². The van der Waals surface area contributed by atoms with E-state index in [1.165, 1.54) is 0 Å². The van der Waals surface area contributed by atoms with Crippen LogP contribution in [0.25, 0.3) is 0 Å². The molecule has 0 aromatic heterocycles. The second kappa shape index (κ2) is 7.38. The minimum atomic E-state index is -0.920. The zero-order valence-electron chi connectivity index (χ0n) is 14.2. The quantitative estimate of drug-likeness (QED) is 0.810. The number of carbonyl (C=O) groups excluding carboxylic acids is 1. The number of nitrogens with zero attached hydrogens (tertiary/aromatic N) is 1. The summed E-state index contributed by atoms with van der Waals surface area (Å²) >= 11 is 0. The Morgan fingerprint density at radius 2 is 1.84 bits per heavy atom. The molecule has 0 spiro atoms. The van der Waals surface area contributed by atoms with Crippen LogP contribution >= 0.6 is 0 Å². The van der Waals surface area contributed by atoms with Gasteiger partial charge in [-0.25, -0.2) is 4.79 Å². The first-order chi connectivity index (χ1) is 12.0. The van der Waals surface area contributed by atoms with Crippen molar-refractivity contribution in [1.29, 1.82) is 0 Å². The fourth-order valence-corrected chi connectivity index (χ4v) is 2.83. The molecule has 2 N–H and O–H groups in total. The molecule has 0 heterocycles. The summed E-state index contributed by atoms with van der Waals surface area (Å²) in [5.41, 5.74) is 3.28. The second-order valence-electron chi connectivity index (χ2n) is 6.43. The lowest BCUT2D eigenvalue weighted by Gasteiger charge is -2.20. The van der Waals surface area contributed by atoms with Crippen molar-refractivity contribution in [2.75, 3.05) is 5.32 Å². The van der Waals surface area contributed by atoms with Crippen molar-refractivity contribution < 1.29 is 14.7 Å². The third kappa shape index (κ3) is 4.59. The number of anilines is 1. The highest BCUT2D eigenvalue weighted by Gasteiger charge is 2.30. The number of nitrogens with one attached hydrogen (secondary N) is 1. The van der Waals surface area contributed by atoms with Gasteiger partial charge in [-0.05, 0) is 48.2 Å². The average molecular weight is 338 g/mol. The van der Waals surface area contributed by atoms with Crippen LogP contribution in [0.3, 0.4) is 0 Å². The highest BCUT2D eigenvalue weighted by molar-refractivity contribution is 5.87. The van der Waals surface area contributed by atoms with E-state index in [0.29, 0.717) is 24.7 Å². The summed E-state index contributed by atoms with van der Waals surface area (Å²) in [6, 6.07) is 15.3. The zero-order valence-corrected chi connectivity index (χ0v) is 14.2. The molecular formula is C20H22N2O3. The third-order valence-corrected chi connectivity index (χ3v) is 4.37. The summed E-state index contributed by atoms with van der Waals surface area (Å²) in [5, 5.41) is 12.3. The van der Waals surface area contributed by atoms with Gasteiger partial charge in [0.05, 0.1) is 5.56 Å². The molecule has 1 saturated carbocycles. The molecule has 130 valence electrons. The van der Waals surface area contributed by atoms with Crippen molar-refractivity contribution >= 4 is 17.6 Å². The van der Waals surface area contributed by atoms with E-state index in [2.05, 4.69) is 5.32 Å². The van der Waals surface area contributed by atoms with Gasteiger partial charge < -0.3 is 15.3 Å². The Balaban J connectivity index is 1.58. The van der Waals surface area contributed by atoms with Gasteiger partial charge in [0.15, 0.2) is 0 Å². The SMILES string of the molecule is CC(=O)N(Cc1ccc(NCc2cccc(C(=O)O)c2)cc1)C1CC1. The summed E-state index contributed by atoms with van der Waals surface area (Å²) in [7, 11) is 0. The van der Waals surface area contributed by atoms with E-state index in [4.69, 9.17) is 5.11 Å². The maximum atomic E-state index is 11.7. The molecule has 3 rings (SSSR count). The number of benzene rings is 2. The number of carboxylic acids is 1. The van der Waals surface area contributed by atoms with E-state index >= 15 is 0 Å². The first-order valence-corrected chi connectivity index (χ1v) is 8.45. The van der Waals surface area contributed by atoms with E-state index < -0.39 is 5.97 Å². The Kier molecular flexibility index (Phi) is 5.03. The van der Waals surface area contributed by atoms with Gasteiger partial charge in [-0.15, -0.1) is 0 Å². The van der Waals surface area contributed by atoms with E-state index in [-0.39, 0.29) is 5.91 Å². The predicted octanol–water partition coefficient (Wildman–Crippen LogP) is 3.51. The van der Waals surface area contributed by atoms with Crippen LogP contribution in [0.4, 0.5) is 5.69 Å². The molecular weight excluding hydrogens is 316 g/mol. The Hall–Kier alpha value is -2.82. The lowest BCUT2D eigenvalue weighted by molar-refractivity contribution is -0.130. The minimum Gasteiger partial charge on any atom is -0.478 e. The fourth-order valence-electron chi connectivity index (χ4n) is 2.83. The summed E-state index contributed by atoms with van der Waals surface area (Å²) in [6.07, 6.45) is 2.21. The van der Waals surface area contributed by atoms with Gasteiger partial charge in [0, 0.05) is 31.7 Å². The standard InChI is InChI=1S/C20H22N2O3/c1-14(23)22(19-9-10-19)13-15-5-7-18(8-6-15)21-12-16-3-2-4-17(11-16)20(24)25/h2-8,11,19,21H,9-10,12-13H2,1H3,(H,24,25). The minimum absolute atomic E-state index is 0.128. The molecule has 2 aromatic rings.